The van der Waals surface area contributed by atoms with Gasteiger partial charge in [0.25, 0.3) is 0 Å². The van der Waals surface area contributed by atoms with Gasteiger partial charge in [-0.2, -0.15) is 0 Å². The number of nitrogens with zero attached hydrogens (tertiary/aromatic N) is 1. The predicted octanol–water partition coefficient (Wildman–Crippen LogP) is 1.94. The third kappa shape index (κ3) is 1.34. The first-order valence-electron chi connectivity index (χ1n) is 5.57. The fraction of sp³-hybridized carbons (Fsp3) is 0.583. The minimum absolute atomic E-state index is 0.767. The largest absolute Gasteiger partial charge is 0.314 e. The third-order valence-electron chi connectivity index (χ3n) is 3.76. The molecule has 2 heteroatoms. The van der Waals surface area contributed by atoms with Gasteiger partial charge >= 0.3 is 0 Å². The number of piperidine rings is 1. The number of fused-ring (bicyclic) bond motifs is 2. The molecule has 2 aliphatic rings. The SMILES string of the molecule is c1cncc(C2CC3CC2CCN3)c1. The smallest absolute Gasteiger partial charge is 0.0302 e. The molecule has 2 heterocycles. The van der Waals surface area contributed by atoms with E-state index in [1.807, 2.05) is 12.4 Å². The number of hydrogen-bond acceptors (Lipinski definition) is 2. The highest BCUT2D eigenvalue weighted by Crippen LogP contribution is 2.43. The molecule has 74 valence electrons. The lowest BCUT2D eigenvalue weighted by molar-refractivity contribution is 0.377. The van der Waals surface area contributed by atoms with Crippen LogP contribution in [0.3, 0.4) is 0 Å². The van der Waals surface area contributed by atoms with E-state index in [1.165, 1.54) is 31.4 Å². The monoisotopic (exact) mass is 188 g/mol. The Morgan fingerprint density at radius 3 is 3.14 bits per heavy atom. The van der Waals surface area contributed by atoms with Crippen molar-refractivity contribution in [3.05, 3.63) is 30.1 Å². The maximum absolute atomic E-state index is 4.22. The molecule has 1 aliphatic heterocycles. The lowest BCUT2D eigenvalue weighted by Gasteiger charge is -2.21. The summed E-state index contributed by atoms with van der Waals surface area (Å²) in [5.41, 5.74) is 1.45. The summed E-state index contributed by atoms with van der Waals surface area (Å²) < 4.78 is 0. The van der Waals surface area contributed by atoms with Crippen LogP contribution >= 0.6 is 0 Å². The zero-order chi connectivity index (χ0) is 9.38. The Morgan fingerprint density at radius 1 is 1.36 bits per heavy atom. The van der Waals surface area contributed by atoms with Crippen molar-refractivity contribution in [2.45, 2.75) is 31.2 Å². The van der Waals surface area contributed by atoms with Crippen LogP contribution in [-0.2, 0) is 0 Å². The van der Waals surface area contributed by atoms with E-state index in [1.54, 1.807) is 0 Å². The molecule has 3 unspecified atom stereocenters. The molecule has 1 N–H and O–H groups in total. The van der Waals surface area contributed by atoms with Gasteiger partial charge in [0, 0.05) is 18.4 Å². The fourth-order valence-electron chi connectivity index (χ4n) is 3.09. The van der Waals surface area contributed by atoms with Crippen molar-refractivity contribution < 1.29 is 0 Å². The normalized spacial score (nSPS) is 35.9. The van der Waals surface area contributed by atoms with Crippen LogP contribution in [0.4, 0.5) is 0 Å². The second-order valence-corrected chi connectivity index (χ2v) is 4.56. The van der Waals surface area contributed by atoms with Gasteiger partial charge in [0.05, 0.1) is 0 Å². The zero-order valence-corrected chi connectivity index (χ0v) is 8.32. The average Bonchev–Trinajstić information content (AvgIpc) is 2.55. The molecule has 0 aromatic carbocycles. The minimum Gasteiger partial charge on any atom is -0.314 e. The van der Waals surface area contributed by atoms with Crippen LogP contribution < -0.4 is 5.32 Å². The van der Waals surface area contributed by atoms with E-state index in [0.29, 0.717) is 0 Å². The number of rotatable bonds is 1. The highest BCUT2D eigenvalue weighted by molar-refractivity contribution is 5.19. The quantitative estimate of drug-likeness (QED) is 0.728. The van der Waals surface area contributed by atoms with Gasteiger partial charge in [-0.1, -0.05) is 6.07 Å². The van der Waals surface area contributed by atoms with Gasteiger partial charge in [0.2, 0.25) is 0 Å². The summed E-state index contributed by atoms with van der Waals surface area (Å²) in [5.74, 6) is 1.68. The van der Waals surface area contributed by atoms with Crippen LogP contribution in [0.15, 0.2) is 24.5 Å². The minimum atomic E-state index is 0.767. The second-order valence-electron chi connectivity index (χ2n) is 4.56. The molecular weight excluding hydrogens is 172 g/mol. The number of nitrogens with one attached hydrogen (secondary N) is 1. The van der Waals surface area contributed by atoms with Gasteiger partial charge in [-0.3, -0.25) is 4.98 Å². The van der Waals surface area contributed by atoms with Crippen molar-refractivity contribution in [3.63, 3.8) is 0 Å². The van der Waals surface area contributed by atoms with Gasteiger partial charge in [-0.15, -0.1) is 0 Å². The van der Waals surface area contributed by atoms with Crippen molar-refractivity contribution in [1.82, 2.24) is 10.3 Å². The molecule has 0 radical (unpaired) electrons. The molecule has 1 aromatic heterocycles. The standard InChI is InChI=1S/C12H16N2/c1-2-10(8-13-4-1)12-7-11-6-9(12)3-5-14-11/h1-2,4,8-9,11-12,14H,3,5-7H2. The highest BCUT2D eigenvalue weighted by Gasteiger charge is 2.37. The number of aromatic nitrogens is 1. The molecule has 2 bridgehead atoms. The van der Waals surface area contributed by atoms with E-state index in [9.17, 15) is 0 Å². The molecule has 1 aliphatic carbocycles. The summed E-state index contributed by atoms with van der Waals surface area (Å²) in [7, 11) is 0. The van der Waals surface area contributed by atoms with Crippen LogP contribution in [-0.4, -0.2) is 17.6 Å². The van der Waals surface area contributed by atoms with Crippen molar-refractivity contribution in [3.8, 4) is 0 Å². The molecule has 1 saturated carbocycles. The summed E-state index contributed by atoms with van der Waals surface area (Å²) in [5, 5.41) is 3.59. The van der Waals surface area contributed by atoms with Crippen molar-refractivity contribution >= 4 is 0 Å². The zero-order valence-electron chi connectivity index (χ0n) is 8.32. The summed E-state index contributed by atoms with van der Waals surface area (Å²) in [4.78, 5) is 4.22. The first-order valence-corrected chi connectivity index (χ1v) is 5.57. The maximum atomic E-state index is 4.22. The fourth-order valence-corrected chi connectivity index (χ4v) is 3.09. The Hall–Kier alpha value is -0.890. The molecule has 0 amide bonds. The third-order valence-corrected chi connectivity index (χ3v) is 3.76. The molecule has 14 heavy (non-hydrogen) atoms. The molecule has 1 aromatic rings. The van der Waals surface area contributed by atoms with Gasteiger partial charge in [0.15, 0.2) is 0 Å². The van der Waals surface area contributed by atoms with E-state index in [0.717, 1.165) is 17.9 Å². The first-order chi connectivity index (χ1) is 6.93. The van der Waals surface area contributed by atoms with Crippen molar-refractivity contribution in [1.29, 1.82) is 0 Å². The van der Waals surface area contributed by atoms with E-state index < -0.39 is 0 Å². The number of pyridine rings is 1. The van der Waals surface area contributed by atoms with Crippen LogP contribution in [0.5, 0.6) is 0 Å². The molecule has 3 rings (SSSR count). The van der Waals surface area contributed by atoms with Crippen LogP contribution in [0, 0.1) is 5.92 Å². The Bertz CT molecular complexity index is 309. The van der Waals surface area contributed by atoms with Crippen LogP contribution in [0.25, 0.3) is 0 Å². The van der Waals surface area contributed by atoms with Crippen molar-refractivity contribution in [2.24, 2.45) is 5.92 Å². The Labute approximate surface area is 84.7 Å². The van der Waals surface area contributed by atoms with Gasteiger partial charge in [-0.25, -0.2) is 0 Å². The van der Waals surface area contributed by atoms with Gasteiger partial charge in [-0.05, 0) is 49.3 Å². The first kappa shape index (κ1) is 8.42. The van der Waals surface area contributed by atoms with E-state index in [2.05, 4.69) is 22.4 Å². The van der Waals surface area contributed by atoms with E-state index in [-0.39, 0.29) is 0 Å². The van der Waals surface area contributed by atoms with Gasteiger partial charge in [0.1, 0.15) is 0 Å². The maximum Gasteiger partial charge on any atom is 0.0302 e. The predicted molar refractivity (Wildman–Crippen MR) is 56.1 cm³/mol. The Balaban J connectivity index is 1.86. The number of hydrogen-bond donors (Lipinski definition) is 1. The van der Waals surface area contributed by atoms with E-state index in [4.69, 9.17) is 0 Å². The highest BCUT2D eigenvalue weighted by atomic mass is 14.9. The van der Waals surface area contributed by atoms with Crippen molar-refractivity contribution in [2.75, 3.05) is 6.54 Å². The average molecular weight is 188 g/mol. The lowest BCUT2D eigenvalue weighted by atomic mass is 9.88. The Morgan fingerprint density at radius 2 is 2.36 bits per heavy atom. The molecule has 2 nitrogen and oxygen atoms in total. The molecule has 0 spiro atoms. The van der Waals surface area contributed by atoms with E-state index >= 15 is 0 Å². The molecule has 1 saturated heterocycles. The molecular formula is C12H16N2. The Kier molecular flexibility index (Phi) is 2.02. The van der Waals surface area contributed by atoms with Crippen LogP contribution in [0.2, 0.25) is 0 Å². The summed E-state index contributed by atoms with van der Waals surface area (Å²) in [6.07, 6.45) is 7.94. The molecule has 3 atom stereocenters. The summed E-state index contributed by atoms with van der Waals surface area (Å²) in [6, 6.07) is 5.07. The topological polar surface area (TPSA) is 24.9 Å². The van der Waals surface area contributed by atoms with Gasteiger partial charge < -0.3 is 5.32 Å². The second kappa shape index (κ2) is 3.35. The molecule has 2 fully saturated rings. The van der Waals surface area contributed by atoms with Crippen LogP contribution in [0.1, 0.15) is 30.7 Å². The summed E-state index contributed by atoms with van der Waals surface area (Å²) in [6.45, 7) is 1.21. The summed E-state index contributed by atoms with van der Waals surface area (Å²) >= 11 is 0. The lowest BCUT2D eigenvalue weighted by Crippen LogP contribution is -2.31.